The molecule has 3 aromatic rings. The number of aromatic nitrogens is 1. The number of carbonyl (C=O) groups excluding carboxylic acids is 1. The molecule has 0 atom stereocenters. The number of amides is 1. The van der Waals surface area contributed by atoms with Gasteiger partial charge in [-0.15, -0.1) is 0 Å². The number of piperidine rings is 1. The number of hydrogen-bond donors (Lipinski definition) is 1. The van der Waals surface area contributed by atoms with Crippen LogP contribution in [0.3, 0.4) is 0 Å². The number of anilines is 1. The molecule has 1 fully saturated rings. The van der Waals surface area contributed by atoms with Crippen molar-refractivity contribution in [3.8, 4) is 0 Å². The molecular weight excluding hydrogens is 422 g/mol. The van der Waals surface area contributed by atoms with Crippen molar-refractivity contribution in [2.24, 2.45) is 11.7 Å². The van der Waals surface area contributed by atoms with E-state index in [4.69, 9.17) is 17.3 Å². The molecule has 0 bridgehead atoms. The fourth-order valence-electron chi connectivity index (χ4n) is 3.93. The average Bonchev–Trinajstić information content (AvgIpc) is 2.73. The second kappa shape index (κ2) is 7.89. The van der Waals surface area contributed by atoms with Gasteiger partial charge in [-0.2, -0.15) is 0 Å². The van der Waals surface area contributed by atoms with Gasteiger partial charge in [-0.1, -0.05) is 23.2 Å². The van der Waals surface area contributed by atoms with E-state index in [2.05, 4.69) is 4.98 Å². The van der Waals surface area contributed by atoms with Crippen molar-refractivity contribution in [3.05, 3.63) is 59.2 Å². The van der Waals surface area contributed by atoms with Gasteiger partial charge < -0.3 is 10.6 Å². The number of fused-ring (bicyclic) bond motifs is 1. The predicted molar refractivity (Wildman–Crippen MR) is 118 cm³/mol. The summed E-state index contributed by atoms with van der Waals surface area (Å²) in [7, 11) is -3.82. The maximum absolute atomic E-state index is 13.5. The zero-order valence-electron chi connectivity index (χ0n) is 16.5. The lowest BCUT2D eigenvalue weighted by Gasteiger charge is -2.34. The third kappa shape index (κ3) is 3.75. The zero-order valence-corrected chi connectivity index (χ0v) is 18.1. The molecule has 2 N–H and O–H groups in total. The Bertz CT molecular complexity index is 1220. The monoisotopic (exact) mass is 443 g/mol. The molecule has 156 valence electrons. The molecule has 1 aliphatic heterocycles. The van der Waals surface area contributed by atoms with Crippen molar-refractivity contribution in [1.29, 1.82) is 0 Å². The third-order valence-corrected chi connectivity index (χ3v) is 7.61. The lowest BCUT2D eigenvalue weighted by atomic mass is 9.95. The Morgan fingerprint density at radius 2 is 1.80 bits per heavy atom. The van der Waals surface area contributed by atoms with Gasteiger partial charge in [0.15, 0.2) is 0 Å². The van der Waals surface area contributed by atoms with Crippen LogP contribution in [0.25, 0.3) is 10.9 Å². The topological polar surface area (TPSA) is 93.4 Å². The number of primary amides is 1. The molecule has 6 nitrogen and oxygen atoms in total. The third-order valence-electron chi connectivity index (χ3n) is 5.59. The summed E-state index contributed by atoms with van der Waals surface area (Å²) < 4.78 is 27.1. The van der Waals surface area contributed by atoms with Gasteiger partial charge in [0.05, 0.1) is 16.1 Å². The zero-order chi connectivity index (χ0) is 21.5. The van der Waals surface area contributed by atoms with Crippen molar-refractivity contribution < 1.29 is 13.2 Å². The standard InChI is InChI=1S/C22H22ClN3O3S/c1-14-2-7-19-18(12-14)21(26-10-8-15(9-11-26)22(24)27)20(13-25-19)30(28,29)17-5-3-16(23)4-6-17/h2-7,12-13,15H,8-11H2,1H3,(H2,24,27). The Morgan fingerprint density at radius 1 is 1.13 bits per heavy atom. The van der Waals surface area contributed by atoms with Crippen LogP contribution < -0.4 is 10.6 Å². The molecule has 2 heterocycles. The van der Waals surface area contributed by atoms with Gasteiger partial charge in [-0.25, -0.2) is 8.42 Å². The van der Waals surface area contributed by atoms with Crippen molar-refractivity contribution in [1.82, 2.24) is 4.98 Å². The summed E-state index contributed by atoms with van der Waals surface area (Å²) in [6.07, 6.45) is 2.61. The van der Waals surface area contributed by atoms with Crippen molar-refractivity contribution in [2.45, 2.75) is 29.6 Å². The van der Waals surface area contributed by atoms with Crippen molar-refractivity contribution in [2.75, 3.05) is 18.0 Å². The first-order chi connectivity index (χ1) is 14.3. The van der Waals surface area contributed by atoms with Crippen LogP contribution in [0.2, 0.25) is 5.02 Å². The van der Waals surface area contributed by atoms with Crippen LogP contribution >= 0.6 is 11.6 Å². The van der Waals surface area contributed by atoms with Crippen LogP contribution in [-0.2, 0) is 14.6 Å². The number of sulfone groups is 1. The molecule has 30 heavy (non-hydrogen) atoms. The molecule has 2 aromatic carbocycles. The average molecular weight is 444 g/mol. The molecule has 0 saturated carbocycles. The normalized spacial score (nSPS) is 15.5. The highest BCUT2D eigenvalue weighted by molar-refractivity contribution is 7.91. The Hall–Kier alpha value is -2.64. The van der Waals surface area contributed by atoms with E-state index in [1.165, 1.54) is 18.3 Å². The van der Waals surface area contributed by atoms with Crippen LogP contribution in [0.1, 0.15) is 18.4 Å². The molecule has 0 spiro atoms. The van der Waals surface area contributed by atoms with E-state index in [-0.39, 0.29) is 21.6 Å². The summed E-state index contributed by atoms with van der Waals surface area (Å²) in [5.41, 5.74) is 7.84. The van der Waals surface area contributed by atoms with Gasteiger partial charge in [0, 0.05) is 35.6 Å². The second-order valence-electron chi connectivity index (χ2n) is 7.61. The van der Waals surface area contributed by atoms with E-state index in [1.807, 2.05) is 30.0 Å². The summed E-state index contributed by atoms with van der Waals surface area (Å²) in [6, 6.07) is 11.9. The van der Waals surface area contributed by atoms with E-state index in [0.29, 0.717) is 36.6 Å². The van der Waals surface area contributed by atoms with Gasteiger partial charge in [0.25, 0.3) is 0 Å². The molecule has 0 aliphatic carbocycles. The maximum Gasteiger partial charge on any atom is 0.220 e. The molecule has 1 saturated heterocycles. The summed E-state index contributed by atoms with van der Waals surface area (Å²) in [5.74, 6) is -0.494. The van der Waals surface area contributed by atoms with Gasteiger partial charge in [0.1, 0.15) is 4.90 Å². The van der Waals surface area contributed by atoms with Crippen LogP contribution in [0.15, 0.2) is 58.5 Å². The highest BCUT2D eigenvalue weighted by Gasteiger charge is 2.30. The lowest BCUT2D eigenvalue weighted by molar-refractivity contribution is -0.122. The first-order valence-electron chi connectivity index (χ1n) is 9.71. The summed E-state index contributed by atoms with van der Waals surface area (Å²) in [5, 5.41) is 1.25. The van der Waals surface area contributed by atoms with Crippen LogP contribution in [-0.4, -0.2) is 32.4 Å². The smallest absolute Gasteiger partial charge is 0.220 e. The number of hydrogen-bond acceptors (Lipinski definition) is 5. The Labute approximate surface area is 180 Å². The van der Waals surface area contributed by atoms with Gasteiger partial charge in [-0.05, 0) is 56.2 Å². The molecule has 8 heteroatoms. The van der Waals surface area contributed by atoms with Crippen LogP contribution in [0.5, 0.6) is 0 Å². The number of carbonyl (C=O) groups is 1. The highest BCUT2D eigenvalue weighted by Crippen LogP contribution is 2.38. The summed E-state index contributed by atoms with van der Waals surface area (Å²) in [6.45, 7) is 3.05. The number of nitrogens with zero attached hydrogens (tertiary/aromatic N) is 2. The summed E-state index contributed by atoms with van der Waals surface area (Å²) >= 11 is 5.94. The number of benzene rings is 2. The van der Waals surface area contributed by atoms with E-state index in [1.54, 1.807) is 12.1 Å². The van der Waals surface area contributed by atoms with Crippen LogP contribution in [0.4, 0.5) is 5.69 Å². The maximum atomic E-state index is 13.5. The molecule has 1 aliphatic rings. The molecule has 1 aromatic heterocycles. The molecule has 0 unspecified atom stereocenters. The van der Waals surface area contributed by atoms with E-state index in [0.717, 1.165) is 16.5 Å². The lowest BCUT2D eigenvalue weighted by Crippen LogP contribution is -2.39. The predicted octanol–water partition coefficient (Wildman–Crippen LogP) is 3.73. The first-order valence-corrected chi connectivity index (χ1v) is 11.6. The number of halogens is 1. The number of pyridine rings is 1. The minimum Gasteiger partial charge on any atom is -0.370 e. The Morgan fingerprint density at radius 3 is 2.43 bits per heavy atom. The Balaban J connectivity index is 1.89. The van der Waals surface area contributed by atoms with E-state index >= 15 is 0 Å². The van der Waals surface area contributed by atoms with Crippen molar-refractivity contribution in [3.63, 3.8) is 0 Å². The van der Waals surface area contributed by atoms with E-state index in [9.17, 15) is 13.2 Å². The molecular formula is C22H22ClN3O3S. The number of rotatable bonds is 4. The fourth-order valence-corrected chi connectivity index (χ4v) is 5.48. The van der Waals surface area contributed by atoms with Gasteiger partial charge in [0.2, 0.25) is 15.7 Å². The van der Waals surface area contributed by atoms with Crippen molar-refractivity contribution >= 4 is 43.9 Å². The van der Waals surface area contributed by atoms with Crippen LogP contribution in [0, 0.1) is 12.8 Å². The highest BCUT2D eigenvalue weighted by atomic mass is 35.5. The Kier molecular flexibility index (Phi) is 5.42. The fraction of sp³-hybridized carbons (Fsp3) is 0.273. The molecule has 1 amide bonds. The SMILES string of the molecule is Cc1ccc2ncc(S(=O)(=O)c3ccc(Cl)cc3)c(N3CCC(C(N)=O)CC3)c2c1. The molecule has 0 radical (unpaired) electrons. The first kappa shape index (κ1) is 20.6. The second-order valence-corrected chi connectivity index (χ2v) is 9.97. The molecule has 4 rings (SSSR count). The minimum absolute atomic E-state index is 0.153. The van der Waals surface area contributed by atoms with Gasteiger partial charge in [-0.3, -0.25) is 9.78 Å². The quantitative estimate of drug-likeness (QED) is 0.663. The minimum atomic E-state index is -3.82. The van der Waals surface area contributed by atoms with E-state index < -0.39 is 9.84 Å². The van der Waals surface area contributed by atoms with Gasteiger partial charge >= 0.3 is 0 Å². The summed E-state index contributed by atoms with van der Waals surface area (Å²) in [4.78, 5) is 18.4. The largest absolute Gasteiger partial charge is 0.370 e. The number of aryl methyl sites for hydroxylation is 1. The number of nitrogens with two attached hydrogens (primary N) is 1.